The fourth-order valence-corrected chi connectivity index (χ4v) is 4.64. The molecule has 1 unspecified atom stereocenters. The highest BCUT2D eigenvalue weighted by atomic mass is 35.5. The Morgan fingerprint density at radius 1 is 1.06 bits per heavy atom. The number of carbonyl (C=O) groups excluding carboxylic acids is 2. The van der Waals surface area contributed by atoms with Gasteiger partial charge in [-0.25, -0.2) is 4.39 Å². The first-order valence-corrected chi connectivity index (χ1v) is 11.8. The van der Waals surface area contributed by atoms with Crippen molar-refractivity contribution < 1.29 is 23.8 Å². The third-order valence-corrected chi connectivity index (χ3v) is 6.71. The summed E-state index contributed by atoms with van der Waals surface area (Å²) in [6.45, 7) is 7.91. The summed E-state index contributed by atoms with van der Waals surface area (Å²) in [6.07, 6.45) is 0. The minimum Gasteiger partial charge on any atom is -0.507 e. The van der Waals surface area contributed by atoms with E-state index in [2.05, 4.69) is 0 Å². The predicted octanol–water partition coefficient (Wildman–Crippen LogP) is 6.72. The summed E-state index contributed by atoms with van der Waals surface area (Å²) in [5.74, 6) is -2.38. The fourth-order valence-electron chi connectivity index (χ4n) is 4.38. The molecule has 1 fully saturated rings. The van der Waals surface area contributed by atoms with Crippen molar-refractivity contribution in [3.63, 3.8) is 0 Å². The molecule has 1 aliphatic heterocycles. The molecule has 1 atom stereocenters. The number of rotatable bonds is 4. The van der Waals surface area contributed by atoms with Gasteiger partial charge in [-0.05, 0) is 53.8 Å². The van der Waals surface area contributed by atoms with Crippen molar-refractivity contribution in [2.45, 2.75) is 39.2 Å². The maximum Gasteiger partial charge on any atom is 0.300 e. The molecule has 0 aromatic heterocycles. The Kier molecular flexibility index (Phi) is 6.67. The van der Waals surface area contributed by atoms with Gasteiger partial charge < -0.3 is 9.84 Å². The second-order valence-electron chi connectivity index (χ2n) is 9.79. The Balaban J connectivity index is 2.00. The molecule has 1 heterocycles. The number of methoxy groups -OCH3 is 1. The van der Waals surface area contributed by atoms with Crippen LogP contribution < -0.4 is 9.64 Å². The molecule has 0 spiro atoms. The van der Waals surface area contributed by atoms with Gasteiger partial charge in [0.25, 0.3) is 11.7 Å². The monoisotopic (exact) mass is 507 g/mol. The molecule has 7 heteroatoms. The summed E-state index contributed by atoms with van der Waals surface area (Å²) in [7, 11) is 1.46. The Labute approximate surface area is 214 Å². The van der Waals surface area contributed by atoms with Crippen LogP contribution in [0.4, 0.5) is 10.1 Å². The average molecular weight is 508 g/mol. The normalized spacial score (nSPS) is 17.5. The van der Waals surface area contributed by atoms with E-state index in [1.165, 1.54) is 36.3 Å². The van der Waals surface area contributed by atoms with Crippen LogP contribution in [-0.2, 0) is 15.0 Å². The van der Waals surface area contributed by atoms with E-state index in [9.17, 15) is 14.7 Å². The number of benzene rings is 3. The zero-order valence-corrected chi connectivity index (χ0v) is 21.5. The first-order chi connectivity index (χ1) is 17.0. The Morgan fingerprint density at radius 2 is 1.75 bits per heavy atom. The topological polar surface area (TPSA) is 66.8 Å². The zero-order valence-electron chi connectivity index (χ0n) is 20.7. The lowest BCUT2D eigenvalue weighted by Gasteiger charge is -2.26. The molecule has 1 aliphatic rings. The van der Waals surface area contributed by atoms with Crippen LogP contribution in [0.15, 0.2) is 66.2 Å². The molecule has 36 heavy (non-hydrogen) atoms. The lowest BCUT2D eigenvalue weighted by atomic mass is 9.84. The third-order valence-electron chi connectivity index (χ3n) is 6.42. The number of aliphatic hydroxyl groups is 1. The van der Waals surface area contributed by atoms with Gasteiger partial charge in [-0.15, -0.1) is 0 Å². The molecule has 186 valence electrons. The summed E-state index contributed by atoms with van der Waals surface area (Å²) in [4.78, 5) is 27.9. The average Bonchev–Trinajstić information content (AvgIpc) is 3.08. The summed E-state index contributed by atoms with van der Waals surface area (Å²) in [5.41, 5.74) is 2.00. The van der Waals surface area contributed by atoms with Gasteiger partial charge in [-0.1, -0.05) is 62.7 Å². The van der Waals surface area contributed by atoms with Gasteiger partial charge >= 0.3 is 0 Å². The van der Waals surface area contributed by atoms with E-state index in [0.717, 1.165) is 5.56 Å². The van der Waals surface area contributed by atoms with Crippen molar-refractivity contribution in [3.8, 4) is 5.75 Å². The Morgan fingerprint density at radius 3 is 2.36 bits per heavy atom. The SMILES string of the molecule is COc1ccc(N2C(=O)C(=O)/C(=C(/O)c3cc(C(C)(C)C)ccc3C)C2c2ccccc2F)cc1Cl. The minimum absolute atomic E-state index is 0.0785. The number of Topliss-reactive ketones (excluding diaryl/α,β-unsaturated/α-hetero) is 1. The summed E-state index contributed by atoms with van der Waals surface area (Å²) in [5, 5.41) is 11.7. The van der Waals surface area contributed by atoms with E-state index >= 15 is 4.39 Å². The molecule has 0 saturated carbocycles. The van der Waals surface area contributed by atoms with Crippen LogP contribution in [0.25, 0.3) is 5.76 Å². The number of hydrogen-bond acceptors (Lipinski definition) is 4. The number of nitrogens with zero attached hydrogens (tertiary/aromatic N) is 1. The standard InChI is InChI=1S/C29H27ClFNO4/c1-16-10-11-17(29(2,3)4)14-20(16)26(33)24-25(19-8-6-7-9-22(19)31)32(28(35)27(24)34)18-12-13-23(36-5)21(30)15-18/h6-15,25,33H,1-5H3/b26-24+. The maximum absolute atomic E-state index is 15.1. The highest BCUT2D eigenvalue weighted by molar-refractivity contribution is 6.52. The summed E-state index contributed by atoms with van der Waals surface area (Å²) >= 11 is 6.31. The molecule has 1 N–H and O–H groups in total. The van der Waals surface area contributed by atoms with Crippen molar-refractivity contribution in [1.29, 1.82) is 0 Å². The molecule has 3 aromatic rings. The molecular weight excluding hydrogens is 481 g/mol. The van der Waals surface area contributed by atoms with E-state index in [1.807, 2.05) is 32.9 Å². The van der Waals surface area contributed by atoms with Gasteiger partial charge in [0.1, 0.15) is 17.3 Å². The second-order valence-corrected chi connectivity index (χ2v) is 10.2. The highest BCUT2D eigenvalue weighted by Crippen LogP contribution is 2.44. The first-order valence-electron chi connectivity index (χ1n) is 11.5. The third kappa shape index (κ3) is 4.37. The van der Waals surface area contributed by atoms with Crippen LogP contribution in [0, 0.1) is 12.7 Å². The summed E-state index contributed by atoms with van der Waals surface area (Å²) < 4.78 is 20.3. The van der Waals surface area contributed by atoms with E-state index in [1.54, 1.807) is 31.2 Å². The van der Waals surface area contributed by atoms with E-state index < -0.39 is 23.5 Å². The number of carbonyl (C=O) groups is 2. The van der Waals surface area contributed by atoms with Crippen LogP contribution in [0.5, 0.6) is 5.75 Å². The molecule has 3 aromatic carbocycles. The molecule has 4 rings (SSSR count). The lowest BCUT2D eigenvalue weighted by molar-refractivity contribution is -0.132. The first kappa shape index (κ1) is 25.5. The zero-order chi connectivity index (χ0) is 26.4. The Bertz CT molecular complexity index is 1410. The minimum atomic E-state index is -1.20. The number of ketones is 1. The number of anilines is 1. The van der Waals surface area contributed by atoms with Crippen molar-refractivity contribution in [1.82, 2.24) is 0 Å². The molecule has 5 nitrogen and oxygen atoms in total. The van der Waals surface area contributed by atoms with Crippen LogP contribution >= 0.6 is 11.6 Å². The number of aliphatic hydroxyl groups excluding tert-OH is 1. The number of aryl methyl sites for hydroxylation is 1. The van der Waals surface area contributed by atoms with Crippen LogP contribution in [0.3, 0.4) is 0 Å². The predicted molar refractivity (Wildman–Crippen MR) is 139 cm³/mol. The quantitative estimate of drug-likeness (QED) is 0.242. The number of halogens is 2. The maximum atomic E-state index is 15.1. The molecule has 1 amide bonds. The summed E-state index contributed by atoms with van der Waals surface area (Å²) in [6, 6.07) is 14.9. The molecular formula is C29H27ClFNO4. The van der Waals surface area contributed by atoms with Gasteiger partial charge in [-0.3, -0.25) is 14.5 Å². The fraction of sp³-hybridized carbons (Fsp3) is 0.241. The largest absolute Gasteiger partial charge is 0.507 e. The molecule has 0 radical (unpaired) electrons. The van der Waals surface area contributed by atoms with Crippen LogP contribution in [0.1, 0.15) is 49.1 Å². The van der Waals surface area contributed by atoms with Crippen molar-refractivity contribution in [2.24, 2.45) is 0 Å². The van der Waals surface area contributed by atoms with Crippen molar-refractivity contribution in [2.75, 3.05) is 12.0 Å². The molecule has 0 bridgehead atoms. The number of amides is 1. The van der Waals surface area contributed by atoms with E-state index in [4.69, 9.17) is 16.3 Å². The van der Waals surface area contributed by atoms with Gasteiger partial charge in [0.05, 0.1) is 23.7 Å². The van der Waals surface area contributed by atoms with Gasteiger partial charge in [0.15, 0.2) is 0 Å². The number of hydrogen-bond donors (Lipinski definition) is 1. The van der Waals surface area contributed by atoms with E-state index in [0.29, 0.717) is 16.9 Å². The van der Waals surface area contributed by atoms with Gasteiger partial charge in [-0.2, -0.15) is 0 Å². The second kappa shape index (κ2) is 9.43. The van der Waals surface area contributed by atoms with Crippen LogP contribution in [-0.4, -0.2) is 23.9 Å². The smallest absolute Gasteiger partial charge is 0.300 e. The van der Waals surface area contributed by atoms with Gasteiger partial charge in [0, 0.05) is 16.8 Å². The number of ether oxygens (including phenoxy) is 1. The lowest BCUT2D eigenvalue weighted by Crippen LogP contribution is -2.29. The van der Waals surface area contributed by atoms with Crippen LogP contribution in [0.2, 0.25) is 5.02 Å². The highest BCUT2D eigenvalue weighted by Gasteiger charge is 2.48. The van der Waals surface area contributed by atoms with E-state index in [-0.39, 0.29) is 33.0 Å². The molecule has 1 saturated heterocycles. The Hall–Kier alpha value is -3.64. The van der Waals surface area contributed by atoms with Crippen molar-refractivity contribution >= 4 is 34.7 Å². The van der Waals surface area contributed by atoms with Gasteiger partial charge in [0.2, 0.25) is 0 Å². The molecule has 0 aliphatic carbocycles. The van der Waals surface area contributed by atoms with Crippen molar-refractivity contribution in [3.05, 3.63) is 99.3 Å².